The maximum Gasteiger partial charge on any atom is 0.299 e. The predicted octanol–water partition coefficient (Wildman–Crippen LogP) is 7.20. The van der Waals surface area contributed by atoms with Crippen molar-refractivity contribution in [3.8, 4) is 0 Å². The average molecular weight is 861 g/mol. The number of amides is 2. The number of nitrogens with one attached hydrogen (secondary N) is 4. The van der Waals surface area contributed by atoms with Crippen LogP contribution in [0.25, 0.3) is 0 Å². The molecule has 3 aromatic rings. The zero-order valence-electron chi connectivity index (χ0n) is 33.1. The van der Waals surface area contributed by atoms with Gasteiger partial charge in [-0.25, -0.2) is 0 Å². The van der Waals surface area contributed by atoms with Crippen LogP contribution in [-0.4, -0.2) is 71.3 Å². The molecule has 3 rings (SSSR count). The smallest absolute Gasteiger partial charge is 0.299 e. The van der Waals surface area contributed by atoms with E-state index < -0.39 is 87.3 Å². The van der Waals surface area contributed by atoms with E-state index >= 15 is 0 Å². The number of unbranched alkanes of at least 4 members (excludes halogenated alkanes) is 3. The monoisotopic (exact) mass is 860 g/mol. The van der Waals surface area contributed by atoms with E-state index in [4.69, 9.17) is 0 Å². The molecule has 0 aromatic heterocycles. The maximum absolute atomic E-state index is 12.8. The van der Waals surface area contributed by atoms with E-state index in [-0.39, 0.29) is 34.3 Å². The van der Waals surface area contributed by atoms with E-state index in [1.165, 1.54) is 18.2 Å². The van der Waals surface area contributed by atoms with Crippen LogP contribution in [0.3, 0.4) is 0 Å². The van der Waals surface area contributed by atoms with Gasteiger partial charge in [-0.15, -0.1) is 11.8 Å². The summed E-state index contributed by atoms with van der Waals surface area (Å²) in [5.41, 5.74) is -4.10. The predicted molar refractivity (Wildman–Crippen MR) is 220 cm³/mol. The highest BCUT2D eigenvalue weighted by molar-refractivity contribution is 7.99. The first-order valence-corrected chi connectivity index (χ1v) is 19.2. The zero-order valence-corrected chi connectivity index (χ0v) is 33.9. The number of para-hydroxylation sites is 2. The Hall–Kier alpha value is -7.05. The largest absolute Gasteiger partial charge is 0.362 e. The topological polar surface area (TPSA) is 341 Å². The molecular weight excluding hydrogens is 817 g/mol. The summed E-state index contributed by atoms with van der Waals surface area (Å²) in [6.45, 7) is 8.93. The van der Waals surface area contributed by atoms with Crippen molar-refractivity contribution in [2.75, 3.05) is 16.4 Å². The van der Waals surface area contributed by atoms with Gasteiger partial charge in [-0.05, 0) is 52.3 Å². The molecule has 0 bridgehead atoms. The Labute approximate surface area is 345 Å². The Morgan fingerprint density at radius 1 is 0.533 bits per heavy atom. The molecule has 0 aliphatic carbocycles. The second kappa shape index (κ2) is 23.4. The number of anilines is 2. The minimum absolute atomic E-state index is 0.108. The lowest BCUT2D eigenvalue weighted by atomic mass is 10.1. The Morgan fingerprint density at radius 2 is 0.867 bits per heavy atom. The average Bonchev–Trinajstić information content (AvgIpc) is 3.16. The highest BCUT2D eigenvalue weighted by Crippen LogP contribution is 2.39. The molecule has 25 heteroatoms. The molecule has 2 atom stereocenters. The molecule has 0 aliphatic rings. The number of benzene rings is 3. The van der Waals surface area contributed by atoms with Gasteiger partial charge >= 0.3 is 0 Å². The number of nitro benzene ring substituents is 6. The summed E-state index contributed by atoms with van der Waals surface area (Å²) in [5.74, 6) is -1.44. The van der Waals surface area contributed by atoms with Crippen LogP contribution in [0.1, 0.15) is 66.7 Å². The third-order valence-corrected chi connectivity index (χ3v) is 9.27. The lowest BCUT2D eigenvalue weighted by molar-refractivity contribution is -0.399. The van der Waals surface area contributed by atoms with Crippen LogP contribution in [0.5, 0.6) is 0 Å². The maximum atomic E-state index is 12.8. The summed E-state index contributed by atoms with van der Waals surface area (Å²) in [5, 5.41) is 78.7. The molecular formula is C35H44N10O14S. The quantitative estimate of drug-likeness (QED) is 0.0336. The fourth-order valence-electron chi connectivity index (χ4n) is 5.42. The Bertz CT molecular complexity index is 1990. The molecule has 0 radical (unpaired) electrons. The zero-order chi connectivity index (χ0) is 45.3. The third kappa shape index (κ3) is 14.4. The number of rotatable bonds is 22. The van der Waals surface area contributed by atoms with Crippen LogP contribution in [0.4, 0.5) is 45.5 Å². The van der Waals surface area contributed by atoms with Gasteiger partial charge in [0.1, 0.15) is 12.1 Å². The molecule has 4 N–H and O–H groups in total. The number of hydrogen-bond donors (Lipinski definition) is 4. The minimum Gasteiger partial charge on any atom is -0.362 e. The van der Waals surface area contributed by atoms with Crippen LogP contribution < -0.4 is 21.3 Å². The highest BCUT2D eigenvalue weighted by Gasteiger charge is 2.33. The Morgan fingerprint density at radius 3 is 1.20 bits per heavy atom. The number of carbonyl (C=O) groups is 2. The molecule has 0 aliphatic heterocycles. The summed E-state index contributed by atoms with van der Waals surface area (Å²) >= 11 is 0.595. The molecule has 0 unspecified atom stereocenters. The summed E-state index contributed by atoms with van der Waals surface area (Å²) in [7, 11) is 0. The highest BCUT2D eigenvalue weighted by atomic mass is 32.2. The number of nitrogens with zero attached hydrogens (tertiary/aromatic N) is 6. The summed E-state index contributed by atoms with van der Waals surface area (Å²) in [6.07, 6.45) is 4.14. The van der Waals surface area contributed by atoms with E-state index in [1.807, 2.05) is 0 Å². The number of carbonyl (C=O) groups excluding carboxylic acids is 2. The van der Waals surface area contributed by atoms with Crippen molar-refractivity contribution < 1.29 is 39.1 Å². The van der Waals surface area contributed by atoms with Crippen molar-refractivity contribution in [2.24, 2.45) is 0 Å². The van der Waals surface area contributed by atoms with Gasteiger partial charge < -0.3 is 21.3 Å². The van der Waals surface area contributed by atoms with Gasteiger partial charge in [0.15, 0.2) is 16.3 Å². The molecule has 324 valence electrons. The van der Waals surface area contributed by atoms with Gasteiger partial charge in [0, 0.05) is 54.2 Å². The number of hydrogen-bond acceptors (Lipinski definition) is 17. The van der Waals surface area contributed by atoms with Gasteiger partial charge in [-0.1, -0.05) is 32.6 Å². The van der Waals surface area contributed by atoms with Crippen molar-refractivity contribution in [3.63, 3.8) is 0 Å². The lowest BCUT2D eigenvalue weighted by Crippen LogP contribution is -2.44. The first-order chi connectivity index (χ1) is 28.2. The van der Waals surface area contributed by atoms with Crippen molar-refractivity contribution in [3.05, 3.63) is 115 Å². The van der Waals surface area contributed by atoms with Crippen molar-refractivity contribution >= 4 is 69.1 Å². The van der Waals surface area contributed by atoms with E-state index in [2.05, 4.69) is 28.2 Å². The fourth-order valence-corrected chi connectivity index (χ4v) is 6.57. The summed E-state index contributed by atoms with van der Waals surface area (Å²) < 4.78 is 0. The van der Waals surface area contributed by atoms with E-state index in [9.17, 15) is 70.3 Å². The standard InChI is InChI=1S/C18H18N6O9S.C17H26N4O5/c1-10(2)19-18(25)11(20-16-12(21(26)27)5-3-6-13(16)22(28)29)9-34-17-14(23(30)31)7-4-8-15(17)24(32)33;1-4-5-6-7-9-13(17(22)18-12(2)3)19-16-14(20(23)24)10-8-11-15(16)21(25)26/h3-8,10-11,20H,9H2,1-2H3,(H,19,25);8,10-13,19H,4-7,9H2,1-3H3,(H,18,22)/t11-;13-/m00/s1. The van der Waals surface area contributed by atoms with Gasteiger partial charge in [0.25, 0.3) is 34.1 Å². The Kier molecular flexibility index (Phi) is 19.1. The second-order valence-electron chi connectivity index (χ2n) is 13.4. The summed E-state index contributed by atoms with van der Waals surface area (Å²) in [4.78, 5) is 88.3. The third-order valence-electron chi connectivity index (χ3n) is 8.07. The van der Waals surface area contributed by atoms with E-state index in [1.54, 1.807) is 27.7 Å². The van der Waals surface area contributed by atoms with Crippen LogP contribution in [-0.2, 0) is 9.59 Å². The normalized spacial score (nSPS) is 11.7. The molecule has 0 saturated carbocycles. The van der Waals surface area contributed by atoms with E-state index in [0.717, 1.165) is 62.1 Å². The number of thioether (sulfide) groups is 1. The molecule has 60 heavy (non-hydrogen) atoms. The van der Waals surface area contributed by atoms with Crippen LogP contribution in [0, 0.1) is 60.7 Å². The van der Waals surface area contributed by atoms with Gasteiger partial charge in [0.05, 0.1) is 29.5 Å². The molecule has 0 spiro atoms. The first kappa shape index (κ1) is 49.1. The van der Waals surface area contributed by atoms with Crippen LogP contribution in [0.2, 0.25) is 0 Å². The molecule has 0 saturated heterocycles. The lowest BCUT2D eigenvalue weighted by Gasteiger charge is -2.20. The van der Waals surface area contributed by atoms with Crippen molar-refractivity contribution in [1.82, 2.24) is 10.6 Å². The van der Waals surface area contributed by atoms with E-state index in [0.29, 0.717) is 18.2 Å². The molecule has 0 heterocycles. The van der Waals surface area contributed by atoms with Crippen LogP contribution in [0.15, 0.2) is 59.5 Å². The van der Waals surface area contributed by atoms with Crippen molar-refractivity contribution in [1.29, 1.82) is 0 Å². The van der Waals surface area contributed by atoms with Gasteiger partial charge in [-0.3, -0.25) is 70.3 Å². The summed E-state index contributed by atoms with van der Waals surface area (Å²) in [6, 6.07) is 7.33. The molecule has 3 aromatic carbocycles. The van der Waals surface area contributed by atoms with Gasteiger partial charge in [0.2, 0.25) is 11.8 Å². The first-order valence-electron chi connectivity index (χ1n) is 18.2. The minimum atomic E-state index is -1.38. The Balaban J connectivity index is 0.000000429. The molecule has 0 fully saturated rings. The van der Waals surface area contributed by atoms with Crippen molar-refractivity contribution in [2.45, 2.75) is 95.8 Å². The number of nitro groups is 6. The second-order valence-corrected chi connectivity index (χ2v) is 14.4. The van der Waals surface area contributed by atoms with Crippen LogP contribution >= 0.6 is 11.8 Å². The molecule has 24 nitrogen and oxygen atoms in total. The fraction of sp³-hybridized carbons (Fsp3) is 0.429. The van der Waals surface area contributed by atoms with Gasteiger partial charge in [-0.2, -0.15) is 0 Å². The SMILES string of the molecule is CC(C)NC(=O)[C@H](CSc1c([N+](=O)[O-])cccc1[N+](=O)[O-])Nc1c([N+](=O)[O-])cccc1[N+](=O)[O-].CCCCCC[C@H](Nc1c([N+](=O)[O-])cccc1[N+](=O)[O-])C(=O)NC(C)C. The molecule has 2 amide bonds.